The Kier molecular flexibility index (Phi) is 6.51. The third-order valence-corrected chi connectivity index (χ3v) is 6.47. The van der Waals surface area contributed by atoms with Crippen LogP contribution in [-0.2, 0) is 16.1 Å². The Labute approximate surface area is 196 Å². The fourth-order valence-electron chi connectivity index (χ4n) is 4.04. The van der Waals surface area contributed by atoms with Crippen molar-refractivity contribution in [2.75, 3.05) is 13.7 Å². The minimum absolute atomic E-state index is 0.0633. The molecule has 1 amide bonds. The summed E-state index contributed by atoms with van der Waals surface area (Å²) in [4.78, 5) is 28.8. The Hall–Kier alpha value is -3.58. The second-order valence-corrected chi connectivity index (χ2v) is 8.73. The van der Waals surface area contributed by atoms with Crippen molar-refractivity contribution in [3.05, 3.63) is 87.1 Å². The highest BCUT2D eigenvalue weighted by atomic mass is 32.1. The van der Waals surface area contributed by atoms with Gasteiger partial charge in [-0.1, -0.05) is 18.2 Å². The SMILES string of the molecule is CCOc1ccc(/C(O)=C2/C(=O)C(=O)N(Cc3cccs3)C2c2cccc(OC)c2)cc1C. The first-order chi connectivity index (χ1) is 15.9. The topological polar surface area (TPSA) is 76.1 Å². The van der Waals surface area contributed by atoms with E-state index in [1.807, 2.05) is 37.4 Å². The summed E-state index contributed by atoms with van der Waals surface area (Å²) in [6.07, 6.45) is 0. The number of methoxy groups -OCH3 is 1. The lowest BCUT2D eigenvalue weighted by Crippen LogP contribution is -2.28. The highest BCUT2D eigenvalue weighted by molar-refractivity contribution is 7.09. The molecule has 1 atom stereocenters. The van der Waals surface area contributed by atoms with Crippen LogP contribution in [0.4, 0.5) is 0 Å². The summed E-state index contributed by atoms with van der Waals surface area (Å²) in [5, 5.41) is 13.2. The summed E-state index contributed by atoms with van der Waals surface area (Å²) < 4.78 is 10.9. The van der Waals surface area contributed by atoms with Gasteiger partial charge in [0.05, 0.1) is 31.9 Å². The molecule has 0 radical (unpaired) electrons. The number of rotatable bonds is 7. The van der Waals surface area contributed by atoms with E-state index in [2.05, 4.69) is 0 Å². The van der Waals surface area contributed by atoms with E-state index in [1.165, 1.54) is 16.2 Å². The van der Waals surface area contributed by atoms with Crippen LogP contribution in [0.3, 0.4) is 0 Å². The van der Waals surface area contributed by atoms with Gasteiger partial charge < -0.3 is 19.5 Å². The molecule has 1 fully saturated rings. The fraction of sp³-hybridized carbons (Fsp3) is 0.231. The van der Waals surface area contributed by atoms with Crippen LogP contribution >= 0.6 is 11.3 Å². The first kappa shape index (κ1) is 22.6. The maximum Gasteiger partial charge on any atom is 0.295 e. The largest absolute Gasteiger partial charge is 0.507 e. The number of hydrogen-bond acceptors (Lipinski definition) is 6. The Balaban J connectivity index is 1.85. The Morgan fingerprint density at radius 3 is 2.61 bits per heavy atom. The molecule has 170 valence electrons. The first-order valence-electron chi connectivity index (χ1n) is 10.6. The van der Waals surface area contributed by atoms with Crippen LogP contribution in [0.15, 0.2) is 65.6 Å². The molecule has 6 nitrogen and oxygen atoms in total. The van der Waals surface area contributed by atoms with Crippen LogP contribution < -0.4 is 9.47 Å². The number of carbonyl (C=O) groups excluding carboxylic acids is 2. The second kappa shape index (κ2) is 9.50. The van der Waals surface area contributed by atoms with Gasteiger partial charge in [0.25, 0.3) is 11.7 Å². The van der Waals surface area contributed by atoms with Crippen molar-refractivity contribution in [2.45, 2.75) is 26.4 Å². The average Bonchev–Trinajstić information content (AvgIpc) is 3.42. The predicted octanol–water partition coefficient (Wildman–Crippen LogP) is 5.09. The summed E-state index contributed by atoms with van der Waals surface area (Å²) in [6, 6.07) is 15.5. The number of benzene rings is 2. The van der Waals surface area contributed by atoms with E-state index in [4.69, 9.17) is 9.47 Å². The number of carbonyl (C=O) groups is 2. The fourth-order valence-corrected chi connectivity index (χ4v) is 4.74. The molecule has 0 spiro atoms. The minimum atomic E-state index is -0.742. The van der Waals surface area contributed by atoms with Crippen LogP contribution in [-0.4, -0.2) is 35.4 Å². The maximum atomic E-state index is 13.2. The molecular formula is C26H25NO5S. The highest BCUT2D eigenvalue weighted by Gasteiger charge is 2.46. The monoisotopic (exact) mass is 463 g/mol. The van der Waals surface area contributed by atoms with Crippen LogP contribution in [0.1, 0.15) is 34.5 Å². The molecule has 1 aliphatic rings. The van der Waals surface area contributed by atoms with E-state index in [0.29, 0.717) is 29.2 Å². The molecule has 1 unspecified atom stereocenters. The lowest BCUT2D eigenvalue weighted by atomic mass is 9.94. The van der Waals surface area contributed by atoms with Gasteiger partial charge in [-0.05, 0) is 66.8 Å². The number of aryl methyl sites for hydroxylation is 1. The molecule has 1 N–H and O–H groups in total. The molecule has 4 rings (SSSR count). The smallest absolute Gasteiger partial charge is 0.295 e. The van der Waals surface area contributed by atoms with Gasteiger partial charge in [0, 0.05) is 10.4 Å². The Morgan fingerprint density at radius 1 is 1.12 bits per heavy atom. The van der Waals surface area contributed by atoms with E-state index >= 15 is 0 Å². The van der Waals surface area contributed by atoms with Gasteiger partial charge >= 0.3 is 0 Å². The standard InChI is InChI=1S/C26H25NO5S/c1-4-32-21-11-10-18(13-16(21)2)24(28)22-23(17-7-5-8-19(14-17)31-3)27(26(30)25(22)29)15-20-9-6-12-33-20/h5-14,23,28H,4,15H2,1-3H3/b24-22-. The van der Waals surface area contributed by atoms with Crippen molar-refractivity contribution < 1.29 is 24.2 Å². The van der Waals surface area contributed by atoms with E-state index < -0.39 is 17.7 Å². The number of amides is 1. The van der Waals surface area contributed by atoms with Crippen LogP contribution in [0.2, 0.25) is 0 Å². The molecule has 1 aromatic heterocycles. The number of ether oxygens (including phenoxy) is 2. The number of nitrogens with zero attached hydrogens (tertiary/aromatic N) is 1. The molecule has 7 heteroatoms. The van der Waals surface area contributed by atoms with E-state index in [9.17, 15) is 14.7 Å². The normalized spacial score (nSPS) is 17.4. The summed E-state index contributed by atoms with van der Waals surface area (Å²) in [7, 11) is 1.56. The maximum absolute atomic E-state index is 13.2. The van der Waals surface area contributed by atoms with Gasteiger partial charge in [0.2, 0.25) is 0 Å². The molecule has 2 heterocycles. The predicted molar refractivity (Wildman–Crippen MR) is 128 cm³/mol. The lowest BCUT2D eigenvalue weighted by molar-refractivity contribution is -0.140. The minimum Gasteiger partial charge on any atom is -0.507 e. The van der Waals surface area contributed by atoms with E-state index in [0.717, 1.165) is 10.4 Å². The van der Waals surface area contributed by atoms with Crippen molar-refractivity contribution in [1.82, 2.24) is 4.90 Å². The van der Waals surface area contributed by atoms with Crippen LogP contribution in [0.25, 0.3) is 5.76 Å². The first-order valence-corrected chi connectivity index (χ1v) is 11.5. The van der Waals surface area contributed by atoms with Gasteiger partial charge in [-0.25, -0.2) is 0 Å². The molecule has 33 heavy (non-hydrogen) atoms. The summed E-state index contributed by atoms with van der Waals surface area (Å²) in [5.74, 6) is -0.243. The zero-order valence-corrected chi connectivity index (χ0v) is 19.5. The number of thiophene rings is 1. The highest BCUT2D eigenvalue weighted by Crippen LogP contribution is 2.41. The Bertz CT molecular complexity index is 1220. The molecule has 3 aromatic rings. The molecule has 2 aromatic carbocycles. The number of Topliss-reactive ketones (excluding diaryl/α,β-unsaturated/α-hetero) is 1. The molecule has 1 aliphatic heterocycles. The van der Waals surface area contributed by atoms with Gasteiger partial charge in [0.15, 0.2) is 0 Å². The quantitative estimate of drug-likeness (QED) is 0.300. The van der Waals surface area contributed by atoms with Crippen molar-refractivity contribution in [3.8, 4) is 11.5 Å². The Morgan fingerprint density at radius 2 is 1.94 bits per heavy atom. The van der Waals surface area contributed by atoms with Crippen molar-refractivity contribution in [2.24, 2.45) is 0 Å². The number of hydrogen-bond donors (Lipinski definition) is 1. The van der Waals surface area contributed by atoms with Gasteiger partial charge in [-0.2, -0.15) is 0 Å². The van der Waals surface area contributed by atoms with Gasteiger partial charge in [-0.15, -0.1) is 11.3 Å². The van der Waals surface area contributed by atoms with Gasteiger partial charge in [-0.3, -0.25) is 9.59 Å². The van der Waals surface area contributed by atoms with Crippen molar-refractivity contribution in [3.63, 3.8) is 0 Å². The van der Waals surface area contributed by atoms with E-state index in [1.54, 1.807) is 43.5 Å². The second-order valence-electron chi connectivity index (χ2n) is 7.70. The molecular weight excluding hydrogens is 438 g/mol. The zero-order chi connectivity index (χ0) is 23.5. The average molecular weight is 464 g/mol. The summed E-state index contributed by atoms with van der Waals surface area (Å²) in [6.45, 7) is 4.56. The summed E-state index contributed by atoms with van der Waals surface area (Å²) >= 11 is 1.51. The van der Waals surface area contributed by atoms with Crippen LogP contribution in [0, 0.1) is 6.92 Å². The van der Waals surface area contributed by atoms with Gasteiger partial charge in [0.1, 0.15) is 17.3 Å². The summed E-state index contributed by atoms with van der Waals surface area (Å²) in [5.41, 5.74) is 2.03. The third kappa shape index (κ3) is 4.36. The molecule has 0 saturated carbocycles. The van der Waals surface area contributed by atoms with Crippen molar-refractivity contribution in [1.29, 1.82) is 0 Å². The molecule has 1 saturated heterocycles. The number of aliphatic hydroxyl groups excluding tert-OH is 1. The lowest BCUT2D eigenvalue weighted by Gasteiger charge is -2.25. The number of likely N-dealkylation sites (tertiary alicyclic amines) is 1. The molecule has 0 aliphatic carbocycles. The molecule has 0 bridgehead atoms. The van der Waals surface area contributed by atoms with E-state index in [-0.39, 0.29) is 17.9 Å². The third-order valence-electron chi connectivity index (χ3n) is 5.60. The number of aliphatic hydroxyl groups is 1. The van der Waals surface area contributed by atoms with Crippen LogP contribution in [0.5, 0.6) is 11.5 Å². The zero-order valence-electron chi connectivity index (χ0n) is 18.7. The number of ketones is 1. The van der Waals surface area contributed by atoms with Crippen molar-refractivity contribution >= 4 is 28.8 Å².